The molecule has 0 fully saturated rings. The van der Waals surface area contributed by atoms with Crippen LogP contribution in [0, 0.1) is 0 Å². The number of primary amides is 1. The molecule has 3 N–H and O–H groups in total. The molecular formula is C19H21N3O3. The number of aromatic nitrogens is 2. The molecule has 6 heteroatoms. The Labute approximate surface area is 146 Å². The van der Waals surface area contributed by atoms with Crippen molar-refractivity contribution >= 4 is 16.9 Å². The molecule has 0 radical (unpaired) electrons. The largest absolute Gasteiger partial charge is 0.366 e. The highest BCUT2D eigenvalue weighted by atomic mass is 16.7. The van der Waals surface area contributed by atoms with Gasteiger partial charge < -0.3 is 20.2 Å². The maximum absolute atomic E-state index is 11.5. The van der Waals surface area contributed by atoms with Crippen LogP contribution in [0.25, 0.3) is 22.4 Å². The van der Waals surface area contributed by atoms with Crippen molar-refractivity contribution in [3.05, 3.63) is 53.6 Å². The lowest BCUT2D eigenvalue weighted by Crippen LogP contribution is -2.11. The zero-order valence-corrected chi connectivity index (χ0v) is 14.3. The number of rotatable bonds is 7. The number of benzene rings is 2. The molecule has 0 saturated carbocycles. The normalized spacial score (nSPS) is 11.3. The second-order valence-corrected chi connectivity index (χ2v) is 5.52. The molecule has 2 aromatic carbocycles. The first-order valence-corrected chi connectivity index (χ1v) is 8.26. The van der Waals surface area contributed by atoms with Gasteiger partial charge in [-0.25, -0.2) is 4.98 Å². The Kier molecular flexibility index (Phi) is 5.11. The Morgan fingerprint density at radius 2 is 1.80 bits per heavy atom. The number of nitrogens with one attached hydrogen (secondary N) is 1. The summed E-state index contributed by atoms with van der Waals surface area (Å²) < 4.78 is 11.2. The topological polar surface area (TPSA) is 90.2 Å². The molecular weight excluding hydrogens is 318 g/mol. The predicted octanol–water partition coefficient (Wildman–Crippen LogP) is 3.40. The SMILES string of the molecule is CCOC(OCC)c1ccc(-c2nc3c(C(N)=O)cccc3[nH]2)cc1. The first-order valence-electron chi connectivity index (χ1n) is 8.26. The van der Waals surface area contributed by atoms with E-state index in [-0.39, 0.29) is 6.29 Å². The maximum Gasteiger partial charge on any atom is 0.250 e. The van der Waals surface area contributed by atoms with E-state index < -0.39 is 5.91 Å². The molecule has 0 saturated heterocycles. The molecule has 0 atom stereocenters. The van der Waals surface area contributed by atoms with Gasteiger partial charge in [-0.3, -0.25) is 4.79 Å². The van der Waals surface area contributed by atoms with Gasteiger partial charge in [-0.15, -0.1) is 0 Å². The lowest BCUT2D eigenvalue weighted by atomic mass is 10.1. The predicted molar refractivity (Wildman–Crippen MR) is 96.0 cm³/mol. The van der Waals surface area contributed by atoms with Crippen molar-refractivity contribution in [2.75, 3.05) is 13.2 Å². The van der Waals surface area contributed by atoms with Crippen LogP contribution in [0.15, 0.2) is 42.5 Å². The Hall–Kier alpha value is -2.70. The van der Waals surface area contributed by atoms with E-state index in [2.05, 4.69) is 9.97 Å². The second kappa shape index (κ2) is 7.46. The first kappa shape index (κ1) is 17.1. The summed E-state index contributed by atoms with van der Waals surface area (Å²) in [5.74, 6) is 0.190. The molecule has 3 aromatic rings. The Morgan fingerprint density at radius 1 is 1.12 bits per heavy atom. The van der Waals surface area contributed by atoms with Crippen LogP contribution in [-0.2, 0) is 9.47 Å². The van der Waals surface area contributed by atoms with E-state index in [1.54, 1.807) is 12.1 Å². The van der Waals surface area contributed by atoms with Gasteiger partial charge in [-0.05, 0) is 26.0 Å². The molecule has 1 aromatic heterocycles. The fourth-order valence-corrected chi connectivity index (χ4v) is 2.71. The number of nitrogens with zero attached hydrogens (tertiary/aromatic N) is 1. The molecule has 0 aliphatic rings. The maximum atomic E-state index is 11.5. The quantitative estimate of drug-likeness (QED) is 0.646. The van der Waals surface area contributed by atoms with Crippen molar-refractivity contribution in [3.63, 3.8) is 0 Å². The highest BCUT2D eigenvalue weighted by molar-refractivity contribution is 6.04. The Bertz CT molecular complexity index is 865. The Morgan fingerprint density at radius 3 is 2.40 bits per heavy atom. The fourth-order valence-electron chi connectivity index (χ4n) is 2.71. The van der Waals surface area contributed by atoms with Gasteiger partial charge in [0.2, 0.25) is 0 Å². The number of amides is 1. The highest BCUT2D eigenvalue weighted by Crippen LogP contribution is 2.25. The third kappa shape index (κ3) is 3.55. The number of carbonyl (C=O) groups is 1. The van der Waals surface area contributed by atoms with Gasteiger partial charge in [0, 0.05) is 24.3 Å². The molecule has 0 aliphatic carbocycles. The molecule has 1 amide bonds. The average molecular weight is 339 g/mol. The lowest BCUT2D eigenvalue weighted by Gasteiger charge is -2.17. The number of ether oxygens (including phenoxy) is 2. The summed E-state index contributed by atoms with van der Waals surface area (Å²) in [5, 5.41) is 0. The molecule has 0 bridgehead atoms. The number of hydrogen-bond acceptors (Lipinski definition) is 4. The molecule has 6 nitrogen and oxygen atoms in total. The molecule has 3 rings (SSSR count). The smallest absolute Gasteiger partial charge is 0.250 e. The summed E-state index contributed by atoms with van der Waals surface area (Å²) in [5.41, 5.74) is 9.03. The van der Waals surface area contributed by atoms with Crippen molar-refractivity contribution in [1.82, 2.24) is 9.97 Å². The minimum absolute atomic E-state index is 0.374. The molecule has 0 spiro atoms. The molecule has 0 unspecified atom stereocenters. The zero-order chi connectivity index (χ0) is 17.8. The van der Waals surface area contributed by atoms with Crippen LogP contribution in [0.4, 0.5) is 0 Å². The summed E-state index contributed by atoms with van der Waals surface area (Å²) in [7, 11) is 0. The van der Waals surface area contributed by atoms with Crippen LogP contribution in [0.3, 0.4) is 0 Å². The van der Waals surface area contributed by atoms with E-state index in [1.807, 2.05) is 44.2 Å². The molecule has 0 aliphatic heterocycles. The number of nitrogens with two attached hydrogens (primary N) is 1. The van der Waals surface area contributed by atoms with Crippen molar-refractivity contribution in [2.45, 2.75) is 20.1 Å². The van der Waals surface area contributed by atoms with Crippen molar-refractivity contribution in [3.8, 4) is 11.4 Å². The van der Waals surface area contributed by atoms with Gasteiger partial charge in [0.25, 0.3) is 5.91 Å². The van der Waals surface area contributed by atoms with Gasteiger partial charge in [0.1, 0.15) is 11.3 Å². The molecule has 1 heterocycles. The third-order valence-electron chi connectivity index (χ3n) is 3.87. The minimum atomic E-state index is -0.490. The van der Waals surface area contributed by atoms with Gasteiger partial charge in [-0.2, -0.15) is 0 Å². The first-order chi connectivity index (χ1) is 12.1. The number of H-pyrrole nitrogens is 1. The number of imidazole rings is 1. The van der Waals surface area contributed by atoms with Gasteiger partial charge >= 0.3 is 0 Å². The number of aromatic amines is 1. The standard InChI is InChI=1S/C19H21N3O3/c1-3-24-19(25-4-2)13-10-8-12(9-11-13)18-21-15-7-5-6-14(17(20)23)16(15)22-18/h5-11,19H,3-4H2,1-2H3,(H2,20,23)(H,21,22). The number of fused-ring (bicyclic) bond motifs is 1. The monoisotopic (exact) mass is 339 g/mol. The summed E-state index contributed by atoms with van der Waals surface area (Å²) in [4.78, 5) is 19.3. The lowest BCUT2D eigenvalue weighted by molar-refractivity contribution is -0.140. The van der Waals surface area contributed by atoms with E-state index in [0.717, 1.165) is 16.6 Å². The van der Waals surface area contributed by atoms with Gasteiger partial charge in [0.15, 0.2) is 6.29 Å². The van der Waals surface area contributed by atoms with Crippen LogP contribution in [0.1, 0.15) is 36.1 Å². The zero-order valence-electron chi connectivity index (χ0n) is 14.3. The summed E-state index contributed by atoms with van der Waals surface area (Å²) >= 11 is 0. The van der Waals surface area contributed by atoms with Crippen LogP contribution < -0.4 is 5.73 Å². The molecule has 25 heavy (non-hydrogen) atoms. The van der Waals surface area contributed by atoms with Crippen LogP contribution in [0.5, 0.6) is 0 Å². The van der Waals surface area contributed by atoms with E-state index >= 15 is 0 Å². The van der Waals surface area contributed by atoms with Gasteiger partial charge in [0.05, 0.1) is 11.1 Å². The van der Waals surface area contributed by atoms with Gasteiger partial charge in [-0.1, -0.05) is 30.3 Å². The highest BCUT2D eigenvalue weighted by Gasteiger charge is 2.14. The number of carbonyl (C=O) groups excluding carboxylic acids is 1. The van der Waals surface area contributed by atoms with Crippen molar-refractivity contribution in [2.24, 2.45) is 5.73 Å². The second-order valence-electron chi connectivity index (χ2n) is 5.52. The van der Waals surface area contributed by atoms with E-state index in [0.29, 0.717) is 30.1 Å². The van der Waals surface area contributed by atoms with E-state index in [9.17, 15) is 4.79 Å². The fraction of sp³-hybridized carbons (Fsp3) is 0.263. The van der Waals surface area contributed by atoms with Crippen LogP contribution in [0.2, 0.25) is 0 Å². The number of hydrogen-bond donors (Lipinski definition) is 2. The summed E-state index contributed by atoms with van der Waals surface area (Å²) in [6.45, 7) is 5.02. The van der Waals surface area contributed by atoms with Crippen molar-refractivity contribution in [1.29, 1.82) is 0 Å². The third-order valence-corrected chi connectivity index (χ3v) is 3.87. The van der Waals surface area contributed by atoms with E-state index in [1.165, 1.54) is 0 Å². The summed E-state index contributed by atoms with van der Waals surface area (Å²) in [6.07, 6.45) is -0.374. The van der Waals surface area contributed by atoms with E-state index in [4.69, 9.17) is 15.2 Å². The molecule has 130 valence electrons. The van der Waals surface area contributed by atoms with Crippen LogP contribution >= 0.6 is 0 Å². The minimum Gasteiger partial charge on any atom is -0.366 e. The summed E-state index contributed by atoms with van der Waals surface area (Å²) in [6, 6.07) is 13.1. The number of para-hydroxylation sites is 1. The Balaban J connectivity index is 1.93. The van der Waals surface area contributed by atoms with Crippen LogP contribution in [-0.4, -0.2) is 29.1 Å². The van der Waals surface area contributed by atoms with Crippen molar-refractivity contribution < 1.29 is 14.3 Å². The average Bonchev–Trinajstić information content (AvgIpc) is 3.05.